The molecule has 0 saturated carbocycles. The molecule has 0 radical (unpaired) electrons. The van der Waals surface area contributed by atoms with E-state index in [2.05, 4.69) is 6.07 Å². The number of aliphatic hydroxyl groups is 1. The first-order chi connectivity index (χ1) is 7.60. The molecule has 0 aliphatic carbocycles. The van der Waals surface area contributed by atoms with Crippen LogP contribution in [0, 0.1) is 11.3 Å². The molecule has 0 spiro atoms. The number of hydrogen-bond acceptors (Lipinski definition) is 3. The maximum atomic E-state index is 9.24. The molecule has 1 aromatic carbocycles. The van der Waals surface area contributed by atoms with Crippen LogP contribution in [0.2, 0.25) is 5.02 Å². The van der Waals surface area contributed by atoms with Crippen LogP contribution in [0.3, 0.4) is 0 Å². The van der Waals surface area contributed by atoms with Gasteiger partial charge in [-0.05, 0) is 19.1 Å². The molecular formula is C12H15ClN2O. The van der Waals surface area contributed by atoms with Crippen molar-refractivity contribution >= 4 is 17.3 Å². The van der Waals surface area contributed by atoms with Gasteiger partial charge in [-0.15, -0.1) is 0 Å². The highest BCUT2D eigenvalue weighted by Crippen LogP contribution is 2.26. The lowest BCUT2D eigenvalue weighted by Crippen LogP contribution is -2.29. The fraction of sp³-hybridized carbons (Fsp3) is 0.417. The Bertz CT molecular complexity index is 400. The van der Waals surface area contributed by atoms with Crippen molar-refractivity contribution in [2.24, 2.45) is 0 Å². The second-order valence-electron chi connectivity index (χ2n) is 3.75. The molecule has 1 rings (SSSR count). The number of nitriles is 1. The van der Waals surface area contributed by atoms with Crippen molar-refractivity contribution in [3.8, 4) is 6.07 Å². The summed E-state index contributed by atoms with van der Waals surface area (Å²) < 4.78 is 0. The van der Waals surface area contributed by atoms with Crippen molar-refractivity contribution in [3.05, 3.63) is 28.8 Å². The maximum Gasteiger partial charge on any atom is 0.0702 e. The monoisotopic (exact) mass is 238 g/mol. The lowest BCUT2D eigenvalue weighted by atomic mass is 10.1. The normalized spacial score (nSPS) is 11.9. The highest BCUT2D eigenvalue weighted by molar-refractivity contribution is 6.30. The fourth-order valence-electron chi connectivity index (χ4n) is 1.51. The molecule has 3 nitrogen and oxygen atoms in total. The van der Waals surface area contributed by atoms with Gasteiger partial charge in [-0.2, -0.15) is 5.26 Å². The number of hydrogen-bond donors (Lipinski definition) is 1. The summed E-state index contributed by atoms with van der Waals surface area (Å²) in [5.74, 6) is 0. The van der Waals surface area contributed by atoms with Crippen molar-refractivity contribution in [1.82, 2.24) is 0 Å². The summed E-state index contributed by atoms with van der Waals surface area (Å²) in [6.45, 7) is 1.93. The first-order valence-corrected chi connectivity index (χ1v) is 5.47. The van der Waals surface area contributed by atoms with Gasteiger partial charge in [0.05, 0.1) is 19.1 Å². The maximum absolute atomic E-state index is 9.24. The van der Waals surface area contributed by atoms with Crippen LogP contribution in [0.15, 0.2) is 18.2 Å². The number of halogens is 1. The first-order valence-electron chi connectivity index (χ1n) is 5.09. The van der Waals surface area contributed by atoms with Gasteiger partial charge in [0.15, 0.2) is 0 Å². The van der Waals surface area contributed by atoms with E-state index in [0.29, 0.717) is 11.4 Å². The third-order valence-corrected chi connectivity index (χ3v) is 2.88. The standard InChI is InChI=1S/C12H15ClN2O/c1-9(5-6-14)15(2)12-7-11(13)4-3-10(12)8-16/h3-4,7,9,16H,5,8H2,1-2H3. The van der Waals surface area contributed by atoms with Gasteiger partial charge in [0.1, 0.15) is 0 Å². The zero-order valence-electron chi connectivity index (χ0n) is 9.44. The Morgan fingerprint density at radius 1 is 1.56 bits per heavy atom. The highest BCUT2D eigenvalue weighted by atomic mass is 35.5. The van der Waals surface area contributed by atoms with Gasteiger partial charge in [0.25, 0.3) is 0 Å². The molecule has 1 unspecified atom stereocenters. The van der Waals surface area contributed by atoms with E-state index < -0.39 is 0 Å². The quantitative estimate of drug-likeness (QED) is 0.877. The SMILES string of the molecule is CC(CC#N)N(C)c1cc(Cl)ccc1CO. The van der Waals surface area contributed by atoms with E-state index in [4.69, 9.17) is 16.9 Å². The second kappa shape index (κ2) is 5.74. The number of anilines is 1. The minimum atomic E-state index is -0.0316. The van der Waals surface area contributed by atoms with Crippen molar-refractivity contribution in [2.45, 2.75) is 26.0 Å². The van der Waals surface area contributed by atoms with Crippen LogP contribution in [0.4, 0.5) is 5.69 Å². The topological polar surface area (TPSA) is 47.3 Å². The number of rotatable bonds is 4. The summed E-state index contributed by atoms with van der Waals surface area (Å²) in [7, 11) is 1.90. The molecule has 0 fully saturated rings. The van der Waals surface area contributed by atoms with Gasteiger partial charge in [0.2, 0.25) is 0 Å². The van der Waals surface area contributed by atoms with Gasteiger partial charge >= 0.3 is 0 Å². The molecule has 0 amide bonds. The number of nitrogens with zero attached hydrogens (tertiary/aromatic N) is 2. The van der Waals surface area contributed by atoms with E-state index in [1.165, 1.54) is 0 Å². The van der Waals surface area contributed by atoms with Crippen LogP contribution in [0.1, 0.15) is 18.9 Å². The van der Waals surface area contributed by atoms with Crippen molar-refractivity contribution < 1.29 is 5.11 Å². The Morgan fingerprint density at radius 3 is 2.81 bits per heavy atom. The second-order valence-corrected chi connectivity index (χ2v) is 4.19. The Kier molecular flexibility index (Phi) is 4.60. The third kappa shape index (κ3) is 2.88. The molecule has 0 aliphatic rings. The van der Waals surface area contributed by atoms with Gasteiger partial charge in [-0.25, -0.2) is 0 Å². The summed E-state index contributed by atoms with van der Waals surface area (Å²) >= 11 is 5.93. The highest BCUT2D eigenvalue weighted by Gasteiger charge is 2.13. The zero-order chi connectivity index (χ0) is 12.1. The van der Waals surface area contributed by atoms with Crippen LogP contribution in [0.5, 0.6) is 0 Å². The average molecular weight is 239 g/mol. The van der Waals surface area contributed by atoms with Gasteiger partial charge < -0.3 is 10.0 Å². The lowest BCUT2D eigenvalue weighted by molar-refractivity contribution is 0.282. The molecular weight excluding hydrogens is 224 g/mol. The summed E-state index contributed by atoms with van der Waals surface area (Å²) in [6.07, 6.45) is 0.438. The summed E-state index contributed by atoms with van der Waals surface area (Å²) in [6, 6.07) is 7.58. The van der Waals surface area contributed by atoms with Crippen LogP contribution >= 0.6 is 11.6 Å². The van der Waals surface area contributed by atoms with Crippen molar-refractivity contribution in [1.29, 1.82) is 5.26 Å². The van der Waals surface area contributed by atoms with E-state index >= 15 is 0 Å². The first kappa shape index (κ1) is 12.8. The molecule has 86 valence electrons. The largest absolute Gasteiger partial charge is 0.392 e. The molecule has 0 aromatic heterocycles. The van der Waals surface area contributed by atoms with E-state index in [1.54, 1.807) is 18.2 Å². The minimum absolute atomic E-state index is 0.0316. The molecule has 4 heteroatoms. The molecule has 1 aromatic rings. The Balaban J connectivity index is 3.01. The zero-order valence-corrected chi connectivity index (χ0v) is 10.2. The molecule has 0 heterocycles. The van der Waals surface area contributed by atoms with E-state index in [0.717, 1.165) is 11.3 Å². The average Bonchev–Trinajstić information content (AvgIpc) is 2.28. The van der Waals surface area contributed by atoms with E-state index in [-0.39, 0.29) is 12.6 Å². The van der Waals surface area contributed by atoms with Crippen molar-refractivity contribution in [2.75, 3.05) is 11.9 Å². The van der Waals surface area contributed by atoms with Gasteiger partial charge in [-0.1, -0.05) is 17.7 Å². The Labute approximate surface area is 101 Å². The molecule has 0 aliphatic heterocycles. The summed E-state index contributed by atoms with van der Waals surface area (Å²) in [5, 5.41) is 18.5. The van der Waals surface area contributed by atoms with E-state index in [9.17, 15) is 5.11 Å². The number of aliphatic hydroxyl groups excluding tert-OH is 1. The third-order valence-electron chi connectivity index (χ3n) is 2.65. The lowest BCUT2D eigenvalue weighted by Gasteiger charge is -2.27. The minimum Gasteiger partial charge on any atom is -0.392 e. The predicted octanol–water partition coefficient (Wildman–Crippen LogP) is 2.57. The molecule has 1 atom stereocenters. The number of benzene rings is 1. The molecule has 16 heavy (non-hydrogen) atoms. The Hall–Kier alpha value is -1.24. The summed E-state index contributed by atoms with van der Waals surface area (Å²) in [5.41, 5.74) is 1.69. The van der Waals surface area contributed by atoms with Crippen LogP contribution in [-0.4, -0.2) is 18.2 Å². The Morgan fingerprint density at radius 2 is 2.25 bits per heavy atom. The summed E-state index contributed by atoms with van der Waals surface area (Å²) in [4.78, 5) is 1.96. The molecule has 0 bridgehead atoms. The molecule has 0 saturated heterocycles. The fourth-order valence-corrected chi connectivity index (χ4v) is 1.67. The smallest absolute Gasteiger partial charge is 0.0702 e. The van der Waals surface area contributed by atoms with Crippen LogP contribution in [0.25, 0.3) is 0 Å². The predicted molar refractivity (Wildman–Crippen MR) is 65.5 cm³/mol. The van der Waals surface area contributed by atoms with Crippen LogP contribution < -0.4 is 4.90 Å². The molecule has 1 N–H and O–H groups in total. The van der Waals surface area contributed by atoms with Crippen LogP contribution in [-0.2, 0) is 6.61 Å². The van der Waals surface area contributed by atoms with E-state index in [1.807, 2.05) is 18.9 Å². The van der Waals surface area contributed by atoms with Gasteiger partial charge in [0, 0.05) is 29.4 Å². The van der Waals surface area contributed by atoms with Gasteiger partial charge in [-0.3, -0.25) is 0 Å². The van der Waals surface area contributed by atoms with Crippen molar-refractivity contribution in [3.63, 3.8) is 0 Å².